The van der Waals surface area contributed by atoms with Crippen LogP contribution in [-0.4, -0.2) is 14.9 Å². The molecule has 21 heavy (non-hydrogen) atoms. The lowest BCUT2D eigenvalue weighted by molar-refractivity contribution is 0.628. The Bertz CT molecular complexity index is 725. The quantitative estimate of drug-likeness (QED) is 0.594. The van der Waals surface area contributed by atoms with Crippen LogP contribution in [0.25, 0.3) is 11.4 Å². The van der Waals surface area contributed by atoms with Gasteiger partial charge in [0.15, 0.2) is 5.82 Å². The third kappa shape index (κ3) is 3.05. The van der Waals surface area contributed by atoms with Crippen molar-refractivity contribution < 1.29 is 4.39 Å². The molecule has 0 unspecified atom stereocenters. The highest BCUT2D eigenvalue weighted by Crippen LogP contribution is 2.24. The first-order valence-electron chi connectivity index (χ1n) is 6.37. The number of aromatic nitrogens is 3. The fourth-order valence-electron chi connectivity index (χ4n) is 1.89. The molecule has 2 N–H and O–H groups in total. The highest BCUT2D eigenvalue weighted by Gasteiger charge is 2.12. The molecule has 6 heteroatoms. The summed E-state index contributed by atoms with van der Waals surface area (Å²) in [6.45, 7) is 0. The minimum Gasteiger partial charge on any atom is -0.335 e. The van der Waals surface area contributed by atoms with Gasteiger partial charge in [0.25, 0.3) is 0 Å². The Morgan fingerprint density at radius 1 is 1.00 bits per heavy atom. The van der Waals surface area contributed by atoms with Crippen LogP contribution in [0.1, 0.15) is 5.56 Å². The maximum atomic E-state index is 12.9. The van der Waals surface area contributed by atoms with Crippen LogP contribution >= 0.6 is 11.8 Å². The van der Waals surface area contributed by atoms with Crippen molar-refractivity contribution in [2.45, 2.75) is 10.9 Å². The van der Waals surface area contributed by atoms with Crippen molar-refractivity contribution in [3.63, 3.8) is 0 Å². The van der Waals surface area contributed by atoms with Gasteiger partial charge in [-0.1, -0.05) is 42.1 Å². The maximum absolute atomic E-state index is 12.9. The molecule has 0 saturated heterocycles. The van der Waals surface area contributed by atoms with E-state index >= 15 is 0 Å². The summed E-state index contributed by atoms with van der Waals surface area (Å²) in [4.78, 5) is 0. The molecule has 4 nitrogen and oxygen atoms in total. The lowest BCUT2D eigenvalue weighted by atomic mass is 10.2. The van der Waals surface area contributed by atoms with Crippen LogP contribution in [0.3, 0.4) is 0 Å². The topological polar surface area (TPSA) is 56.7 Å². The van der Waals surface area contributed by atoms with Gasteiger partial charge in [-0.2, -0.15) is 0 Å². The van der Waals surface area contributed by atoms with Crippen LogP contribution < -0.4 is 5.84 Å². The predicted molar refractivity (Wildman–Crippen MR) is 81.6 cm³/mol. The molecular weight excluding hydrogens is 287 g/mol. The van der Waals surface area contributed by atoms with E-state index in [0.717, 1.165) is 11.3 Å². The van der Waals surface area contributed by atoms with E-state index in [1.54, 1.807) is 12.1 Å². The van der Waals surface area contributed by atoms with Crippen LogP contribution in [0.15, 0.2) is 59.8 Å². The second-order valence-corrected chi connectivity index (χ2v) is 5.40. The number of benzene rings is 2. The molecule has 3 aromatic rings. The van der Waals surface area contributed by atoms with Gasteiger partial charge in [0, 0.05) is 11.3 Å². The molecular formula is C15H13FN4S. The van der Waals surface area contributed by atoms with Gasteiger partial charge < -0.3 is 5.84 Å². The van der Waals surface area contributed by atoms with E-state index in [-0.39, 0.29) is 5.82 Å². The SMILES string of the molecule is Nn1c(SCc2ccccc2)nnc1-c1ccc(F)cc1. The Balaban J connectivity index is 1.78. The van der Waals surface area contributed by atoms with Gasteiger partial charge in [0.05, 0.1) is 0 Å². The lowest BCUT2D eigenvalue weighted by Gasteiger charge is -2.04. The van der Waals surface area contributed by atoms with Crippen molar-refractivity contribution in [3.8, 4) is 11.4 Å². The minimum absolute atomic E-state index is 0.291. The Morgan fingerprint density at radius 3 is 2.43 bits per heavy atom. The summed E-state index contributed by atoms with van der Waals surface area (Å²) in [5, 5.41) is 8.78. The predicted octanol–water partition coefficient (Wildman–Crippen LogP) is 3.09. The van der Waals surface area contributed by atoms with Crippen LogP contribution in [-0.2, 0) is 5.75 Å². The third-order valence-corrected chi connectivity index (χ3v) is 3.99. The molecule has 1 aromatic heterocycles. The molecule has 0 aliphatic rings. The van der Waals surface area contributed by atoms with Gasteiger partial charge in [-0.15, -0.1) is 10.2 Å². The number of halogens is 1. The van der Waals surface area contributed by atoms with Gasteiger partial charge in [0.2, 0.25) is 5.16 Å². The molecule has 0 saturated carbocycles. The molecule has 0 amide bonds. The van der Waals surface area contributed by atoms with E-state index in [9.17, 15) is 4.39 Å². The minimum atomic E-state index is -0.291. The summed E-state index contributed by atoms with van der Waals surface area (Å²) in [7, 11) is 0. The summed E-state index contributed by atoms with van der Waals surface area (Å²) in [5.74, 6) is 7.01. The molecule has 3 rings (SSSR count). The van der Waals surface area contributed by atoms with E-state index in [2.05, 4.69) is 10.2 Å². The number of thioether (sulfide) groups is 1. The largest absolute Gasteiger partial charge is 0.335 e. The lowest BCUT2D eigenvalue weighted by Crippen LogP contribution is -2.11. The van der Waals surface area contributed by atoms with E-state index in [1.165, 1.54) is 34.1 Å². The Morgan fingerprint density at radius 2 is 1.71 bits per heavy atom. The van der Waals surface area contributed by atoms with Crippen molar-refractivity contribution in [3.05, 3.63) is 66.0 Å². The van der Waals surface area contributed by atoms with Crippen molar-refractivity contribution >= 4 is 11.8 Å². The summed E-state index contributed by atoms with van der Waals surface area (Å²) in [5.41, 5.74) is 1.92. The van der Waals surface area contributed by atoms with Crippen molar-refractivity contribution in [2.75, 3.05) is 5.84 Å². The molecule has 0 aliphatic carbocycles. The fraction of sp³-hybridized carbons (Fsp3) is 0.0667. The van der Waals surface area contributed by atoms with Gasteiger partial charge >= 0.3 is 0 Å². The molecule has 0 spiro atoms. The Hall–Kier alpha value is -2.34. The van der Waals surface area contributed by atoms with Crippen LogP contribution in [0, 0.1) is 5.82 Å². The average molecular weight is 300 g/mol. The monoisotopic (exact) mass is 300 g/mol. The van der Waals surface area contributed by atoms with Gasteiger partial charge in [-0.05, 0) is 29.8 Å². The molecule has 106 valence electrons. The highest BCUT2D eigenvalue weighted by molar-refractivity contribution is 7.98. The van der Waals surface area contributed by atoms with E-state index in [4.69, 9.17) is 5.84 Å². The number of nitrogens with two attached hydrogens (primary N) is 1. The first-order chi connectivity index (χ1) is 10.2. The van der Waals surface area contributed by atoms with Crippen LogP contribution in [0.2, 0.25) is 0 Å². The average Bonchev–Trinajstić information content (AvgIpc) is 2.88. The molecule has 0 aliphatic heterocycles. The highest BCUT2D eigenvalue weighted by atomic mass is 32.2. The molecule has 0 bridgehead atoms. The second kappa shape index (κ2) is 5.97. The number of nitrogens with zero attached hydrogens (tertiary/aromatic N) is 3. The summed E-state index contributed by atoms with van der Waals surface area (Å²) < 4.78 is 14.4. The van der Waals surface area contributed by atoms with Crippen molar-refractivity contribution in [1.29, 1.82) is 0 Å². The summed E-state index contributed by atoms with van der Waals surface area (Å²) in [6, 6.07) is 16.1. The Kier molecular flexibility index (Phi) is 3.87. The maximum Gasteiger partial charge on any atom is 0.210 e. The zero-order valence-corrected chi connectivity index (χ0v) is 11.9. The molecule has 2 aromatic carbocycles. The smallest absolute Gasteiger partial charge is 0.210 e. The number of nitrogen functional groups attached to an aromatic ring is 1. The number of hydrogen-bond donors (Lipinski definition) is 1. The van der Waals surface area contributed by atoms with Gasteiger partial charge in [-0.3, -0.25) is 0 Å². The summed E-state index contributed by atoms with van der Waals surface area (Å²) in [6.07, 6.45) is 0. The van der Waals surface area contributed by atoms with E-state index in [1.807, 2.05) is 30.3 Å². The van der Waals surface area contributed by atoms with Crippen LogP contribution in [0.4, 0.5) is 4.39 Å². The van der Waals surface area contributed by atoms with Gasteiger partial charge in [0.1, 0.15) is 5.82 Å². The first kappa shape index (κ1) is 13.6. The van der Waals surface area contributed by atoms with E-state index in [0.29, 0.717) is 11.0 Å². The summed E-state index contributed by atoms with van der Waals surface area (Å²) >= 11 is 1.51. The third-order valence-electron chi connectivity index (χ3n) is 2.98. The molecule has 0 fully saturated rings. The zero-order valence-electron chi connectivity index (χ0n) is 11.1. The van der Waals surface area contributed by atoms with Crippen molar-refractivity contribution in [1.82, 2.24) is 14.9 Å². The fourth-order valence-corrected chi connectivity index (χ4v) is 2.71. The normalized spacial score (nSPS) is 10.7. The van der Waals surface area contributed by atoms with E-state index < -0.39 is 0 Å². The first-order valence-corrected chi connectivity index (χ1v) is 7.36. The zero-order chi connectivity index (χ0) is 14.7. The number of rotatable bonds is 4. The molecule has 1 heterocycles. The second-order valence-electron chi connectivity index (χ2n) is 4.46. The molecule has 0 radical (unpaired) electrons. The van der Waals surface area contributed by atoms with Crippen LogP contribution in [0.5, 0.6) is 0 Å². The Labute approximate surface area is 125 Å². The van der Waals surface area contributed by atoms with Crippen molar-refractivity contribution in [2.24, 2.45) is 0 Å². The standard InChI is InChI=1S/C15H13FN4S/c16-13-8-6-12(7-9-13)14-18-19-15(20(14)17)21-10-11-4-2-1-3-5-11/h1-9H,10,17H2. The number of hydrogen-bond acceptors (Lipinski definition) is 4. The molecule has 0 atom stereocenters. The van der Waals surface area contributed by atoms with Gasteiger partial charge in [-0.25, -0.2) is 9.07 Å².